The number of hydrogen-bond acceptors (Lipinski definition) is 6. The molecule has 0 N–H and O–H groups in total. The summed E-state index contributed by atoms with van der Waals surface area (Å²) in [6.45, 7) is -0.170. The number of carbonyl (C=O) groups excluding carboxylic acids is 3. The third kappa shape index (κ3) is 4.68. The summed E-state index contributed by atoms with van der Waals surface area (Å²) in [5.41, 5.74) is 0.335. The van der Waals surface area contributed by atoms with Crippen LogP contribution in [0, 0.1) is 0 Å². The van der Waals surface area contributed by atoms with E-state index in [0.29, 0.717) is 5.56 Å². The number of pyridine rings is 1. The molecule has 7 heteroatoms. The fraction of sp³-hybridized carbons (Fsp3) is 0.385. The predicted octanol–water partition coefficient (Wildman–Crippen LogP) is 0.260. The zero-order valence-corrected chi connectivity index (χ0v) is 11.4. The van der Waals surface area contributed by atoms with E-state index in [4.69, 9.17) is 0 Å². The van der Waals surface area contributed by atoms with Crippen molar-refractivity contribution in [2.75, 3.05) is 27.3 Å². The van der Waals surface area contributed by atoms with Crippen LogP contribution in [0.4, 0.5) is 0 Å². The molecule has 7 nitrogen and oxygen atoms in total. The number of ether oxygens (including phenoxy) is 2. The van der Waals surface area contributed by atoms with Gasteiger partial charge in [0.15, 0.2) is 0 Å². The number of carbonyl (C=O) groups is 3. The minimum atomic E-state index is -0.563. The molecule has 20 heavy (non-hydrogen) atoms. The molecule has 0 aliphatic carbocycles. The first-order valence-electron chi connectivity index (χ1n) is 5.91. The van der Waals surface area contributed by atoms with Gasteiger partial charge < -0.3 is 14.4 Å². The van der Waals surface area contributed by atoms with Gasteiger partial charge in [-0.15, -0.1) is 0 Å². The molecular weight excluding hydrogens is 264 g/mol. The van der Waals surface area contributed by atoms with Gasteiger partial charge in [0, 0.05) is 18.9 Å². The molecule has 0 saturated carbocycles. The smallest absolute Gasteiger partial charge is 0.325 e. The Labute approximate surface area is 116 Å². The van der Waals surface area contributed by atoms with Crippen LogP contribution in [0.15, 0.2) is 24.5 Å². The maximum Gasteiger partial charge on any atom is 0.325 e. The highest BCUT2D eigenvalue weighted by atomic mass is 16.5. The minimum Gasteiger partial charge on any atom is -0.469 e. The van der Waals surface area contributed by atoms with E-state index in [-0.39, 0.29) is 19.5 Å². The molecule has 0 aromatic carbocycles. The average Bonchev–Trinajstić information content (AvgIpc) is 2.50. The normalized spacial score (nSPS) is 9.70. The van der Waals surface area contributed by atoms with E-state index in [9.17, 15) is 14.4 Å². The summed E-state index contributed by atoms with van der Waals surface area (Å²) in [6, 6.07) is 3.20. The number of nitrogens with zero attached hydrogens (tertiary/aromatic N) is 2. The molecule has 0 fully saturated rings. The Morgan fingerprint density at radius 3 is 2.45 bits per heavy atom. The third-order valence-corrected chi connectivity index (χ3v) is 2.56. The van der Waals surface area contributed by atoms with Gasteiger partial charge in [-0.3, -0.25) is 19.4 Å². The topological polar surface area (TPSA) is 85.8 Å². The van der Waals surface area contributed by atoms with Crippen molar-refractivity contribution in [3.05, 3.63) is 30.1 Å². The van der Waals surface area contributed by atoms with Crippen molar-refractivity contribution >= 4 is 17.8 Å². The second kappa shape index (κ2) is 7.88. The van der Waals surface area contributed by atoms with Crippen LogP contribution in [0.25, 0.3) is 0 Å². The van der Waals surface area contributed by atoms with Crippen molar-refractivity contribution in [1.82, 2.24) is 9.88 Å². The molecule has 1 aromatic heterocycles. The Bertz CT molecular complexity index is 475. The number of hydrogen-bond donors (Lipinski definition) is 0. The van der Waals surface area contributed by atoms with Gasteiger partial charge in [0.1, 0.15) is 6.54 Å². The van der Waals surface area contributed by atoms with Gasteiger partial charge in [0.05, 0.1) is 26.2 Å². The molecule has 0 bridgehead atoms. The van der Waals surface area contributed by atoms with Crippen LogP contribution in [0.5, 0.6) is 0 Å². The summed E-state index contributed by atoms with van der Waals surface area (Å²) in [5.74, 6) is -1.42. The van der Waals surface area contributed by atoms with E-state index >= 15 is 0 Å². The van der Waals surface area contributed by atoms with Gasteiger partial charge in [-0.2, -0.15) is 0 Å². The summed E-state index contributed by atoms with van der Waals surface area (Å²) in [4.78, 5) is 39.8. The lowest BCUT2D eigenvalue weighted by molar-refractivity contribution is -0.143. The fourth-order valence-electron chi connectivity index (χ4n) is 1.47. The van der Waals surface area contributed by atoms with E-state index in [1.165, 1.54) is 31.5 Å². The Balaban J connectivity index is 2.78. The molecule has 0 radical (unpaired) electrons. The van der Waals surface area contributed by atoms with Crippen LogP contribution in [-0.2, 0) is 19.1 Å². The Morgan fingerprint density at radius 1 is 1.20 bits per heavy atom. The van der Waals surface area contributed by atoms with E-state index in [0.717, 1.165) is 0 Å². The number of amides is 1. The van der Waals surface area contributed by atoms with Gasteiger partial charge in [-0.25, -0.2) is 0 Å². The highest BCUT2D eigenvalue weighted by Gasteiger charge is 2.20. The zero-order valence-electron chi connectivity index (χ0n) is 11.4. The predicted molar refractivity (Wildman–Crippen MR) is 68.8 cm³/mol. The first-order valence-corrected chi connectivity index (χ1v) is 5.91. The number of rotatable bonds is 6. The summed E-state index contributed by atoms with van der Waals surface area (Å²) in [6.07, 6.45) is 2.93. The Morgan fingerprint density at radius 2 is 1.90 bits per heavy atom. The molecule has 0 spiro atoms. The average molecular weight is 280 g/mol. The van der Waals surface area contributed by atoms with Gasteiger partial charge >= 0.3 is 11.9 Å². The van der Waals surface area contributed by atoms with Crippen molar-refractivity contribution in [2.24, 2.45) is 0 Å². The summed E-state index contributed by atoms with van der Waals surface area (Å²) >= 11 is 0. The molecule has 1 aromatic rings. The minimum absolute atomic E-state index is 0.000500. The quantitative estimate of drug-likeness (QED) is 0.695. The number of aromatic nitrogens is 1. The lowest BCUT2D eigenvalue weighted by Gasteiger charge is -2.20. The van der Waals surface area contributed by atoms with Crippen LogP contribution in [-0.4, -0.2) is 55.0 Å². The van der Waals surface area contributed by atoms with Gasteiger partial charge in [-0.1, -0.05) is 0 Å². The van der Waals surface area contributed by atoms with Crippen molar-refractivity contribution in [2.45, 2.75) is 6.42 Å². The lowest BCUT2D eigenvalue weighted by atomic mass is 10.2. The van der Waals surface area contributed by atoms with E-state index < -0.39 is 17.8 Å². The van der Waals surface area contributed by atoms with Gasteiger partial charge in [0.25, 0.3) is 5.91 Å². The molecule has 1 rings (SSSR count). The van der Waals surface area contributed by atoms with Crippen LogP contribution >= 0.6 is 0 Å². The SMILES string of the molecule is COC(=O)CCN(CC(=O)OC)C(=O)c1cccnc1. The summed E-state index contributed by atoms with van der Waals surface area (Å²) in [5, 5.41) is 0. The van der Waals surface area contributed by atoms with E-state index in [1.807, 2.05) is 0 Å². The van der Waals surface area contributed by atoms with Crippen LogP contribution < -0.4 is 0 Å². The van der Waals surface area contributed by atoms with Crippen molar-refractivity contribution < 1.29 is 23.9 Å². The molecule has 1 heterocycles. The van der Waals surface area contributed by atoms with Crippen molar-refractivity contribution in [3.63, 3.8) is 0 Å². The second-order valence-electron chi connectivity index (χ2n) is 3.87. The standard InChI is InChI=1S/C13H16N2O5/c1-19-11(16)5-7-15(9-12(17)20-2)13(18)10-4-3-6-14-8-10/h3-4,6,8H,5,7,9H2,1-2H3. The van der Waals surface area contributed by atoms with Crippen LogP contribution in [0.3, 0.4) is 0 Å². The Hall–Kier alpha value is -2.44. The zero-order chi connectivity index (χ0) is 15.0. The molecule has 1 amide bonds. The molecule has 0 atom stereocenters. The maximum absolute atomic E-state index is 12.2. The summed E-state index contributed by atoms with van der Waals surface area (Å²) in [7, 11) is 2.49. The Kier molecular flexibility index (Phi) is 6.15. The van der Waals surface area contributed by atoms with E-state index in [1.54, 1.807) is 12.1 Å². The first kappa shape index (κ1) is 15.6. The molecule has 0 saturated heterocycles. The number of esters is 2. The largest absolute Gasteiger partial charge is 0.469 e. The summed E-state index contributed by atoms with van der Waals surface area (Å²) < 4.78 is 9.05. The second-order valence-corrected chi connectivity index (χ2v) is 3.87. The monoisotopic (exact) mass is 280 g/mol. The third-order valence-electron chi connectivity index (χ3n) is 2.56. The van der Waals surface area contributed by atoms with Crippen LogP contribution in [0.1, 0.15) is 16.8 Å². The van der Waals surface area contributed by atoms with Crippen molar-refractivity contribution in [1.29, 1.82) is 0 Å². The molecule has 108 valence electrons. The van der Waals surface area contributed by atoms with Gasteiger partial charge in [-0.05, 0) is 12.1 Å². The molecule has 0 aliphatic heterocycles. The van der Waals surface area contributed by atoms with E-state index in [2.05, 4.69) is 14.5 Å². The first-order chi connectivity index (χ1) is 9.58. The lowest BCUT2D eigenvalue weighted by Crippen LogP contribution is -2.37. The molecular formula is C13H16N2O5. The highest BCUT2D eigenvalue weighted by Crippen LogP contribution is 2.05. The number of methoxy groups -OCH3 is 2. The fourth-order valence-corrected chi connectivity index (χ4v) is 1.47. The van der Waals surface area contributed by atoms with Crippen molar-refractivity contribution in [3.8, 4) is 0 Å². The van der Waals surface area contributed by atoms with Gasteiger partial charge in [0.2, 0.25) is 0 Å². The molecule has 0 aliphatic rings. The maximum atomic E-state index is 12.2. The highest BCUT2D eigenvalue weighted by molar-refractivity contribution is 5.95. The molecule has 0 unspecified atom stereocenters. The van der Waals surface area contributed by atoms with Crippen LogP contribution in [0.2, 0.25) is 0 Å².